The van der Waals surface area contributed by atoms with Gasteiger partial charge in [-0.2, -0.15) is 0 Å². The van der Waals surface area contributed by atoms with Crippen molar-refractivity contribution in [2.75, 3.05) is 12.8 Å². The summed E-state index contributed by atoms with van der Waals surface area (Å²) in [4.78, 5) is 25.4. The number of hydrogen-bond donors (Lipinski definition) is 2. The lowest BCUT2D eigenvalue weighted by atomic mass is 10.1. The Kier molecular flexibility index (Phi) is 4.47. The number of rotatable bonds is 4. The second kappa shape index (κ2) is 6.72. The molecular weight excluding hydrogens is 318 g/mol. The molecule has 0 bridgehead atoms. The standard InChI is InChI=1S/C18H19N5O2/c1-10-7-8-11(2)21-13(10)9-20-17(24)16-12-5-4-6-14(25-3)15(12)22-18(19)23-16/h4-8H,9H2,1-3H3,(H,20,24)(H2,19,22,23). The number of anilines is 1. The fourth-order valence-electron chi connectivity index (χ4n) is 2.59. The van der Waals surface area contributed by atoms with Crippen LogP contribution in [0.2, 0.25) is 0 Å². The zero-order valence-corrected chi connectivity index (χ0v) is 14.3. The van der Waals surface area contributed by atoms with Crippen LogP contribution in [0.5, 0.6) is 5.75 Å². The van der Waals surface area contributed by atoms with Gasteiger partial charge in [-0.25, -0.2) is 9.97 Å². The van der Waals surface area contributed by atoms with E-state index in [9.17, 15) is 4.79 Å². The third-order valence-corrected chi connectivity index (χ3v) is 3.90. The fourth-order valence-corrected chi connectivity index (χ4v) is 2.59. The Balaban J connectivity index is 1.93. The molecule has 25 heavy (non-hydrogen) atoms. The van der Waals surface area contributed by atoms with E-state index in [0.717, 1.165) is 17.0 Å². The normalized spacial score (nSPS) is 10.7. The monoisotopic (exact) mass is 337 g/mol. The number of benzene rings is 1. The van der Waals surface area contributed by atoms with Gasteiger partial charge in [0.1, 0.15) is 17.0 Å². The zero-order chi connectivity index (χ0) is 18.0. The SMILES string of the molecule is COc1cccc2c(C(=O)NCc3nc(C)ccc3C)nc(N)nc12. The molecule has 2 aromatic heterocycles. The number of hydrogen-bond acceptors (Lipinski definition) is 6. The molecule has 0 saturated carbocycles. The number of nitrogens with zero attached hydrogens (tertiary/aromatic N) is 3. The quantitative estimate of drug-likeness (QED) is 0.756. The van der Waals surface area contributed by atoms with Crippen LogP contribution in [-0.2, 0) is 6.54 Å². The molecule has 2 heterocycles. The maximum atomic E-state index is 12.7. The third kappa shape index (κ3) is 3.35. The van der Waals surface area contributed by atoms with Gasteiger partial charge in [0.15, 0.2) is 0 Å². The number of carbonyl (C=O) groups is 1. The molecule has 0 unspecified atom stereocenters. The number of para-hydroxylation sites is 1. The molecule has 0 fully saturated rings. The van der Waals surface area contributed by atoms with E-state index in [-0.39, 0.29) is 17.5 Å². The first-order valence-electron chi connectivity index (χ1n) is 7.81. The Morgan fingerprint density at radius 2 is 1.96 bits per heavy atom. The Bertz CT molecular complexity index is 956. The lowest BCUT2D eigenvalue weighted by Gasteiger charge is -2.11. The number of pyridine rings is 1. The lowest BCUT2D eigenvalue weighted by Crippen LogP contribution is -2.25. The molecule has 0 radical (unpaired) electrons. The van der Waals surface area contributed by atoms with Crippen LogP contribution in [0.3, 0.4) is 0 Å². The van der Waals surface area contributed by atoms with Crippen molar-refractivity contribution in [3.05, 3.63) is 53.0 Å². The number of nitrogens with one attached hydrogen (secondary N) is 1. The van der Waals surface area contributed by atoms with E-state index in [4.69, 9.17) is 10.5 Å². The van der Waals surface area contributed by atoms with Crippen molar-refractivity contribution in [1.82, 2.24) is 20.3 Å². The van der Waals surface area contributed by atoms with E-state index < -0.39 is 0 Å². The van der Waals surface area contributed by atoms with Crippen LogP contribution in [0.4, 0.5) is 5.95 Å². The van der Waals surface area contributed by atoms with Crippen LogP contribution in [0.15, 0.2) is 30.3 Å². The molecule has 1 amide bonds. The van der Waals surface area contributed by atoms with Crippen LogP contribution in [0.25, 0.3) is 10.9 Å². The fraction of sp³-hybridized carbons (Fsp3) is 0.222. The van der Waals surface area contributed by atoms with Crippen molar-refractivity contribution in [3.8, 4) is 5.75 Å². The first-order valence-corrected chi connectivity index (χ1v) is 7.81. The van der Waals surface area contributed by atoms with Crippen LogP contribution in [-0.4, -0.2) is 28.0 Å². The minimum absolute atomic E-state index is 0.0204. The summed E-state index contributed by atoms with van der Waals surface area (Å²) in [7, 11) is 1.54. The molecule has 7 nitrogen and oxygen atoms in total. The molecule has 3 rings (SSSR count). The third-order valence-electron chi connectivity index (χ3n) is 3.90. The van der Waals surface area contributed by atoms with Crippen LogP contribution in [0.1, 0.15) is 27.4 Å². The van der Waals surface area contributed by atoms with Gasteiger partial charge >= 0.3 is 0 Å². The molecule has 0 saturated heterocycles. The summed E-state index contributed by atoms with van der Waals surface area (Å²) in [6.45, 7) is 4.17. The van der Waals surface area contributed by atoms with Gasteiger partial charge in [-0.15, -0.1) is 0 Å². The number of fused-ring (bicyclic) bond motifs is 1. The summed E-state index contributed by atoms with van der Waals surface area (Å²) in [5, 5.41) is 3.44. The predicted molar refractivity (Wildman–Crippen MR) is 95.4 cm³/mol. The molecule has 0 spiro atoms. The molecule has 0 aliphatic rings. The minimum Gasteiger partial charge on any atom is -0.494 e. The number of ether oxygens (including phenoxy) is 1. The topological polar surface area (TPSA) is 103 Å². The van der Waals surface area contributed by atoms with Crippen LogP contribution in [0, 0.1) is 13.8 Å². The molecule has 3 N–H and O–H groups in total. The van der Waals surface area contributed by atoms with E-state index in [2.05, 4.69) is 20.3 Å². The maximum Gasteiger partial charge on any atom is 0.271 e. The molecular formula is C18H19N5O2. The Morgan fingerprint density at radius 1 is 1.16 bits per heavy atom. The van der Waals surface area contributed by atoms with Gasteiger partial charge < -0.3 is 15.8 Å². The number of nitrogen functional groups attached to an aromatic ring is 1. The van der Waals surface area contributed by atoms with Gasteiger partial charge in [-0.3, -0.25) is 9.78 Å². The van der Waals surface area contributed by atoms with Gasteiger partial charge in [0.25, 0.3) is 5.91 Å². The van der Waals surface area contributed by atoms with Crippen molar-refractivity contribution in [2.45, 2.75) is 20.4 Å². The van der Waals surface area contributed by atoms with Crippen molar-refractivity contribution < 1.29 is 9.53 Å². The summed E-state index contributed by atoms with van der Waals surface area (Å²) in [6.07, 6.45) is 0. The average Bonchev–Trinajstić information content (AvgIpc) is 2.61. The summed E-state index contributed by atoms with van der Waals surface area (Å²) >= 11 is 0. The first-order chi connectivity index (χ1) is 12.0. The van der Waals surface area contributed by atoms with E-state index in [1.807, 2.05) is 26.0 Å². The predicted octanol–water partition coefficient (Wildman–Crippen LogP) is 2.16. The van der Waals surface area contributed by atoms with E-state index in [0.29, 0.717) is 23.2 Å². The van der Waals surface area contributed by atoms with Gasteiger partial charge in [0.05, 0.1) is 19.3 Å². The number of carbonyl (C=O) groups excluding carboxylic acids is 1. The highest BCUT2D eigenvalue weighted by Gasteiger charge is 2.16. The second-order valence-electron chi connectivity index (χ2n) is 5.69. The van der Waals surface area contributed by atoms with Crippen molar-refractivity contribution in [1.29, 1.82) is 0 Å². The molecule has 0 aliphatic carbocycles. The average molecular weight is 337 g/mol. The number of aromatic nitrogens is 3. The van der Waals surface area contributed by atoms with Crippen LogP contribution < -0.4 is 15.8 Å². The number of methoxy groups -OCH3 is 1. The molecule has 0 atom stereocenters. The Morgan fingerprint density at radius 3 is 2.72 bits per heavy atom. The number of nitrogens with two attached hydrogens (primary N) is 1. The van der Waals surface area contributed by atoms with Gasteiger partial charge in [-0.05, 0) is 31.5 Å². The van der Waals surface area contributed by atoms with E-state index >= 15 is 0 Å². The number of amides is 1. The smallest absolute Gasteiger partial charge is 0.271 e. The molecule has 7 heteroatoms. The molecule has 128 valence electrons. The summed E-state index contributed by atoms with van der Waals surface area (Å²) in [5.74, 6) is 0.221. The second-order valence-corrected chi connectivity index (χ2v) is 5.69. The molecule has 0 aliphatic heterocycles. The molecule has 3 aromatic rings. The highest BCUT2D eigenvalue weighted by Crippen LogP contribution is 2.26. The Labute approximate surface area is 145 Å². The van der Waals surface area contributed by atoms with Gasteiger partial charge in [0.2, 0.25) is 5.95 Å². The van der Waals surface area contributed by atoms with E-state index in [1.54, 1.807) is 25.3 Å². The van der Waals surface area contributed by atoms with Gasteiger partial charge in [-0.1, -0.05) is 18.2 Å². The Hall–Kier alpha value is -3.22. The van der Waals surface area contributed by atoms with Crippen molar-refractivity contribution in [2.24, 2.45) is 0 Å². The summed E-state index contributed by atoms with van der Waals surface area (Å²) in [6, 6.07) is 9.22. The highest BCUT2D eigenvalue weighted by molar-refractivity contribution is 6.05. The summed E-state index contributed by atoms with van der Waals surface area (Å²) < 4.78 is 5.29. The van der Waals surface area contributed by atoms with Gasteiger partial charge in [0, 0.05) is 11.1 Å². The largest absolute Gasteiger partial charge is 0.494 e. The molecule has 1 aromatic carbocycles. The van der Waals surface area contributed by atoms with Crippen molar-refractivity contribution in [3.63, 3.8) is 0 Å². The summed E-state index contributed by atoms with van der Waals surface area (Å²) in [5.41, 5.74) is 9.22. The lowest BCUT2D eigenvalue weighted by molar-refractivity contribution is 0.0947. The van der Waals surface area contributed by atoms with E-state index in [1.165, 1.54) is 0 Å². The number of aryl methyl sites for hydroxylation is 2. The van der Waals surface area contributed by atoms with Crippen molar-refractivity contribution >= 4 is 22.8 Å². The minimum atomic E-state index is -0.338. The first kappa shape index (κ1) is 16.6. The zero-order valence-electron chi connectivity index (χ0n) is 14.3. The highest BCUT2D eigenvalue weighted by atomic mass is 16.5. The van der Waals surface area contributed by atoms with Crippen LogP contribution >= 0.6 is 0 Å². The maximum absolute atomic E-state index is 12.7.